The zero-order valence-corrected chi connectivity index (χ0v) is 14.3. The van der Waals surface area contributed by atoms with Crippen LogP contribution in [-0.2, 0) is 17.8 Å². The predicted octanol–water partition coefficient (Wildman–Crippen LogP) is 1.86. The number of hydrogen-bond acceptors (Lipinski definition) is 7. The van der Waals surface area contributed by atoms with E-state index in [4.69, 9.17) is 4.52 Å². The number of hydrogen-bond donors (Lipinski definition) is 1. The zero-order chi connectivity index (χ0) is 17.8. The highest BCUT2D eigenvalue weighted by molar-refractivity contribution is 5.84. The number of nitrogens with one attached hydrogen (secondary N) is 1. The van der Waals surface area contributed by atoms with Crippen molar-refractivity contribution in [1.82, 2.24) is 25.0 Å². The van der Waals surface area contributed by atoms with Crippen molar-refractivity contribution >= 4 is 11.7 Å². The van der Waals surface area contributed by atoms with E-state index in [9.17, 15) is 9.18 Å². The van der Waals surface area contributed by atoms with Crippen molar-refractivity contribution in [1.29, 1.82) is 0 Å². The van der Waals surface area contributed by atoms with Gasteiger partial charge in [-0.15, -0.1) is 0 Å². The Balaban J connectivity index is 1.75. The van der Waals surface area contributed by atoms with Gasteiger partial charge in [0.25, 0.3) is 0 Å². The average molecular weight is 348 g/mol. The molecule has 1 N–H and O–H groups in total. The second-order valence-corrected chi connectivity index (χ2v) is 6.02. The van der Waals surface area contributed by atoms with Crippen LogP contribution in [0.2, 0.25) is 0 Å². The summed E-state index contributed by atoms with van der Waals surface area (Å²) in [5, 5.41) is 6.69. The van der Waals surface area contributed by atoms with Gasteiger partial charge in [-0.1, -0.05) is 12.1 Å². The van der Waals surface area contributed by atoms with Crippen LogP contribution in [-0.4, -0.2) is 43.5 Å². The molecule has 1 aliphatic rings. The van der Waals surface area contributed by atoms with E-state index >= 15 is 0 Å². The molecule has 1 amide bonds. The minimum Gasteiger partial charge on any atom is -0.356 e. The number of amides is 1. The third-order valence-corrected chi connectivity index (χ3v) is 4.18. The van der Waals surface area contributed by atoms with Gasteiger partial charge in [-0.3, -0.25) is 4.79 Å². The van der Waals surface area contributed by atoms with Crippen molar-refractivity contribution in [3.63, 3.8) is 0 Å². The maximum atomic E-state index is 14.4. The number of likely N-dealkylation sites (tertiary alicyclic amines) is 1. The molecular formula is C16H21FN6O2. The van der Waals surface area contributed by atoms with E-state index in [1.165, 1.54) is 6.33 Å². The molecule has 134 valence electrons. The molecule has 2 aromatic heterocycles. The molecule has 0 radical (unpaired) electrons. The fourth-order valence-corrected chi connectivity index (χ4v) is 2.88. The van der Waals surface area contributed by atoms with Crippen molar-refractivity contribution < 1.29 is 13.7 Å². The first kappa shape index (κ1) is 17.2. The number of anilines is 1. The fourth-order valence-electron chi connectivity index (χ4n) is 2.88. The molecule has 8 nitrogen and oxygen atoms in total. The van der Waals surface area contributed by atoms with Crippen LogP contribution in [0.3, 0.4) is 0 Å². The lowest BCUT2D eigenvalue weighted by Gasteiger charge is -2.24. The third kappa shape index (κ3) is 3.92. The Bertz CT molecular complexity index is 750. The van der Waals surface area contributed by atoms with Gasteiger partial charge < -0.3 is 14.7 Å². The molecule has 0 aliphatic carbocycles. The van der Waals surface area contributed by atoms with E-state index in [0.29, 0.717) is 36.8 Å². The molecule has 3 rings (SSSR count). The summed E-state index contributed by atoms with van der Waals surface area (Å²) in [5.41, 5.74) is 0.330. The van der Waals surface area contributed by atoms with Crippen LogP contribution in [0.15, 0.2) is 10.9 Å². The number of carbonyl (C=O) groups excluding carboxylic acids is 1. The smallest absolute Gasteiger partial charge is 0.246 e. The molecule has 0 aromatic carbocycles. The van der Waals surface area contributed by atoms with E-state index < -0.39 is 11.9 Å². The lowest BCUT2D eigenvalue weighted by Crippen LogP contribution is -2.41. The van der Waals surface area contributed by atoms with Crippen LogP contribution in [0.4, 0.5) is 10.2 Å². The molecule has 0 bridgehead atoms. The van der Waals surface area contributed by atoms with E-state index in [0.717, 1.165) is 12.8 Å². The first-order chi connectivity index (χ1) is 12.1. The molecule has 9 heteroatoms. The van der Waals surface area contributed by atoms with Crippen molar-refractivity contribution in [3.05, 3.63) is 29.6 Å². The van der Waals surface area contributed by atoms with Crippen molar-refractivity contribution in [2.24, 2.45) is 0 Å². The van der Waals surface area contributed by atoms with Crippen LogP contribution in [0.1, 0.15) is 43.6 Å². The lowest BCUT2D eigenvalue weighted by atomic mass is 10.1. The Morgan fingerprint density at radius 2 is 2.24 bits per heavy atom. The summed E-state index contributed by atoms with van der Waals surface area (Å²) < 4.78 is 19.5. The summed E-state index contributed by atoms with van der Waals surface area (Å²) in [4.78, 5) is 26.5. The molecular weight excluding hydrogens is 327 g/mol. The summed E-state index contributed by atoms with van der Waals surface area (Å²) >= 11 is 0. The zero-order valence-electron chi connectivity index (χ0n) is 14.3. The number of halogens is 1. The molecule has 25 heavy (non-hydrogen) atoms. The molecule has 3 heterocycles. The number of carbonyl (C=O) groups is 1. The highest BCUT2D eigenvalue weighted by Gasteiger charge is 2.29. The van der Waals surface area contributed by atoms with Crippen LogP contribution in [0, 0.1) is 12.7 Å². The van der Waals surface area contributed by atoms with E-state index in [2.05, 4.69) is 25.4 Å². The standard InChI is InChI=1S/C16H21FN6O2/c1-3-11-14(17)15(19-9-18-11)21-12-6-4-5-7-23(16(12)24)8-13-20-10(2)22-25-13/h9,12H,3-8H2,1-2H3,(H,18,19,21). The first-order valence-corrected chi connectivity index (χ1v) is 8.42. The second kappa shape index (κ2) is 7.54. The lowest BCUT2D eigenvalue weighted by molar-refractivity contribution is -0.132. The summed E-state index contributed by atoms with van der Waals surface area (Å²) in [7, 11) is 0. The van der Waals surface area contributed by atoms with Gasteiger partial charge in [0.15, 0.2) is 17.5 Å². The fraction of sp³-hybridized carbons (Fsp3) is 0.562. The van der Waals surface area contributed by atoms with Gasteiger partial charge in [-0.2, -0.15) is 4.98 Å². The Hall–Kier alpha value is -2.58. The molecule has 1 aliphatic heterocycles. The summed E-state index contributed by atoms with van der Waals surface area (Å²) in [6.07, 6.45) is 4.11. The van der Waals surface area contributed by atoms with Crippen LogP contribution in [0.25, 0.3) is 0 Å². The molecule has 0 saturated carbocycles. The van der Waals surface area contributed by atoms with Gasteiger partial charge in [-0.05, 0) is 32.6 Å². The number of aromatic nitrogens is 4. The highest BCUT2D eigenvalue weighted by Crippen LogP contribution is 2.20. The minimum atomic E-state index is -0.541. The van der Waals surface area contributed by atoms with Crippen molar-refractivity contribution in [3.8, 4) is 0 Å². The third-order valence-electron chi connectivity index (χ3n) is 4.18. The summed E-state index contributed by atoms with van der Waals surface area (Å²) in [5.74, 6) is 0.376. The SMILES string of the molecule is CCc1ncnc(NC2CCCCN(Cc3nc(C)no3)C2=O)c1F. The normalized spacial score (nSPS) is 18.3. The molecule has 1 atom stereocenters. The van der Waals surface area contributed by atoms with Gasteiger partial charge in [0, 0.05) is 6.54 Å². The van der Waals surface area contributed by atoms with E-state index in [-0.39, 0.29) is 18.3 Å². The van der Waals surface area contributed by atoms with E-state index in [1.807, 2.05) is 6.92 Å². The molecule has 1 fully saturated rings. The first-order valence-electron chi connectivity index (χ1n) is 8.42. The topological polar surface area (TPSA) is 97.0 Å². The van der Waals surface area contributed by atoms with Crippen LogP contribution in [0.5, 0.6) is 0 Å². The van der Waals surface area contributed by atoms with Crippen molar-refractivity contribution in [2.75, 3.05) is 11.9 Å². The Labute approximate surface area is 144 Å². The van der Waals surface area contributed by atoms with Gasteiger partial charge >= 0.3 is 0 Å². The van der Waals surface area contributed by atoms with Crippen LogP contribution < -0.4 is 5.32 Å². The van der Waals surface area contributed by atoms with E-state index in [1.54, 1.807) is 11.8 Å². The minimum absolute atomic E-state index is 0.0701. The maximum absolute atomic E-state index is 14.4. The maximum Gasteiger partial charge on any atom is 0.246 e. The van der Waals surface area contributed by atoms with Crippen LogP contribution >= 0.6 is 0 Å². The summed E-state index contributed by atoms with van der Waals surface area (Å²) in [6.45, 7) is 4.40. The average Bonchev–Trinajstić information content (AvgIpc) is 2.94. The molecule has 0 spiro atoms. The van der Waals surface area contributed by atoms with Gasteiger partial charge in [0.2, 0.25) is 11.8 Å². The predicted molar refractivity (Wildman–Crippen MR) is 87.1 cm³/mol. The van der Waals surface area contributed by atoms with Gasteiger partial charge in [-0.25, -0.2) is 14.4 Å². The second-order valence-electron chi connectivity index (χ2n) is 6.02. The Kier molecular flexibility index (Phi) is 5.20. The molecule has 2 aromatic rings. The monoisotopic (exact) mass is 348 g/mol. The number of rotatable bonds is 5. The Morgan fingerprint density at radius 1 is 1.40 bits per heavy atom. The number of nitrogens with zero attached hydrogens (tertiary/aromatic N) is 5. The summed E-state index contributed by atoms with van der Waals surface area (Å²) in [6, 6.07) is -0.541. The Morgan fingerprint density at radius 3 is 2.96 bits per heavy atom. The quantitative estimate of drug-likeness (QED) is 0.881. The number of aryl methyl sites for hydroxylation is 2. The van der Waals surface area contributed by atoms with Gasteiger partial charge in [0.1, 0.15) is 18.9 Å². The highest BCUT2D eigenvalue weighted by atomic mass is 19.1. The van der Waals surface area contributed by atoms with Gasteiger partial charge in [0.05, 0.1) is 5.69 Å². The largest absolute Gasteiger partial charge is 0.356 e. The van der Waals surface area contributed by atoms with Crippen molar-refractivity contribution in [2.45, 2.75) is 52.1 Å². The molecule has 1 saturated heterocycles. The molecule has 1 unspecified atom stereocenters.